The maximum atomic E-state index is 12.7. The molecule has 0 fully saturated rings. The largest absolute Gasteiger partial charge is 0.491 e. The first-order valence-electron chi connectivity index (χ1n) is 10.2. The molecule has 0 heterocycles. The van der Waals surface area contributed by atoms with E-state index >= 15 is 0 Å². The van der Waals surface area contributed by atoms with Gasteiger partial charge in [0.25, 0.3) is 5.91 Å². The van der Waals surface area contributed by atoms with E-state index in [1.165, 1.54) is 11.1 Å². The average Bonchev–Trinajstić information content (AvgIpc) is 2.75. The zero-order valence-electron chi connectivity index (χ0n) is 17.9. The number of hydrogen-bond donors (Lipinski definition) is 1. The average molecular weight is 420 g/mol. The molecule has 1 N–H and O–H groups in total. The number of hydrogen-bond acceptors (Lipinski definition) is 3. The van der Waals surface area contributed by atoms with Crippen LogP contribution in [-0.2, 0) is 11.2 Å². The van der Waals surface area contributed by atoms with Crippen molar-refractivity contribution in [2.45, 2.75) is 36.8 Å². The van der Waals surface area contributed by atoms with Gasteiger partial charge in [-0.3, -0.25) is 4.79 Å². The van der Waals surface area contributed by atoms with Crippen LogP contribution in [0.4, 0.5) is 0 Å². The molecule has 0 atom stereocenters. The molecule has 0 aliphatic rings. The Morgan fingerprint density at radius 1 is 0.900 bits per heavy atom. The lowest BCUT2D eigenvalue weighted by atomic mass is 9.86. The molecule has 0 aromatic heterocycles. The van der Waals surface area contributed by atoms with Gasteiger partial charge in [0.15, 0.2) is 0 Å². The quantitative estimate of drug-likeness (QED) is 0.355. The topological polar surface area (TPSA) is 38.3 Å². The third-order valence-electron chi connectivity index (χ3n) is 4.71. The number of nitrogens with one attached hydrogen (secondary N) is 1. The Hall–Kier alpha value is -2.72. The van der Waals surface area contributed by atoms with Crippen LogP contribution in [0.3, 0.4) is 0 Å². The highest BCUT2D eigenvalue weighted by atomic mass is 32.2. The molecule has 3 rings (SSSR count). The third kappa shape index (κ3) is 6.14. The highest BCUT2D eigenvalue weighted by Gasteiger charge is 2.18. The van der Waals surface area contributed by atoms with Crippen molar-refractivity contribution >= 4 is 17.7 Å². The van der Waals surface area contributed by atoms with Crippen LogP contribution in [0, 0.1) is 0 Å². The summed E-state index contributed by atoms with van der Waals surface area (Å²) in [5, 5.41) is 2.99. The normalized spacial score (nSPS) is 11.2. The standard InChI is InChI=1S/C26H29NO2S/c1-26(2,3)22-14-8-9-15-23(22)29-18-17-27-25(28)21-13-7-10-16-24(21)30-19-20-11-5-4-6-12-20/h4-16H,17-19H2,1-3H3,(H,27,28). The predicted molar refractivity (Wildman–Crippen MR) is 125 cm³/mol. The van der Waals surface area contributed by atoms with Crippen molar-refractivity contribution in [1.82, 2.24) is 5.32 Å². The minimum absolute atomic E-state index is 0.00869. The van der Waals surface area contributed by atoms with Crippen molar-refractivity contribution in [2.75, 3.05) is 13.2 Å². The Morgan fingerprint density at radius 2 is 1.57 bits per heavy atom. The predicted octanol–water partition coefficient (Wildman–Crippen LogP) is 6.09. The molecule has 0 bridgehead atoms. The minimum atomic E-state index is -0.0705. The molecule has 3 nitrogen and oxygen atoms in total. The van der Waals surface area contributed by atoms with Gasteiger partial charge in [0.1, 0.15) is 12.4 Å². The van der Waals surface area contributed by atoms with Gasteiger partial charge in [0.05, 0.1) is 12.1 Å². The number of carbonyl (C=O) groups is 1. The third-order valence-corrected chi connectivity index (χ3v) is 5.85. The molecular weight excluding hydrogens is 390 g/mol. The van der Waals surface area contributed by atoms with Gasteiger partial charge < -0.3 is 10.1 Å². The second kappa shape index (κ2) is 10.4. The Labute approximate surface area is 183 Å². The van der Waals surface area contributed by atoms with Crippen molar-refractivity contribution in [3.63, 3.8) is 0 Å². The van der Waals surface area contributed by atoms with E-state index in [4.69, 9.17) is 4.74 Å². The fourth-order valence-electron chi connectivity index (χ4n) is 3.15. The van der Waals surface area contributed by atoms with Crippen LogP contribution in [0.5, 0.6) is 5.75 Å². The van der Waals surface area contributed by atoms with E-state index in [1.807, 2.05) is 60.7 Å². The first-order chi connectivity index (χ1) is 14.4. The van der Waals surface area contributed by atoms with Gasteiger partial charge in [-0.2, -0.15) is 0 Å². The van der Waals surface area contributed by atoms with Gasteiger partial charge in [-0.25, -0.2) is 0 Å². The van der Waals surface area contributed by atoms with Crippen LogP contribution in [0.15, 0.2) is 83.8 Å². The fraction of sp³-hybridized carbons (Fsp3) is 0.269. The molecule has 0 saturated carbocycles. The van der Waals surface area contributed by atoms with Crippen molar-refractivity contribution in [2.24, 2.45) is 0 Å². The van der Waals surface area contributed by atoms with Crippen LogP contribution >= 0.6 is 11.8 Å². The van der Waals surface area contributed by atoms with Crippen LogP contribution in [-0.4, -0.2) is 19.1 Å². The molecular formula is C26H29NO2S. The van der Waals surface area contributed by atoms with Gasteiger partial charge in [-0.1, -0.05) is 81.4 Å². The van der Waals surface area contributed by atoms with Crippen molar-refractivity contribution < 1.29 is 9.53 Å². The Kier molecular flexibility index (Phi) is 7.58. The SMILES string of the molecule is CC(C)(C)c1ccccc1OCCNC(=O)c1ccccc1SCc1ccccc1. The van der Waals surface area contributed by atoms with Crippen LogP contribution < -0.4 is 10.1 Å². The van der Waals surface area contributed by atoms with Crippen molar-refractivity contribution in [1.29, 1.82) is 0 Å². The van der Waals surface area contributed by atoms with Crippen molar-refractivity contribution in [3.05, 3.63) is 95.6 Å². The first kappa shape index (κ1) is 22.0. The number of rotatable bonds is 8. The maximum Gasteiger partial charge on any atom is 0.252 e. The molecule has 1 amide bonds. The van der Waals surface area contributed by atoms with Gasteiger partial charge in [0, 0.05) is 10.6 Å². The van der Waals surface area contributed by atoms with E-state index in [0.29, 0.717) is 18.7 Å². The molecule has 0 aliphatic carbocycles. The van der Waals surface area contributed by atoms with E-state index in [-0.39, 0.29) is 11.3 Å². The molecule has 4 heteroatoms. The second-order valence-electron chi connectivity index (χ2n) is 8.12. The van der Waals surface area contributed by atoms with Gasteiger partial charge in [-0.15, -0.1) is 11.8 Å². The number of benzene rings is 3. The smallest absolute Gasteiger partial charge is 0.252 e. The van der Waals surface area contributed by atoms with E-state index in [9.17, 15) is 4.79 Å². The summed E-state index contributed by atoms with van der Waals surface area (Å²) in [6, 6.07) is 26.1. The minimum Gasteiger partial charge on any atom is -0.491 e. The molecule has 0 saturated heterocycles. The molecule has 30 heavy (non-hydrogen) atoms. The number of amides is 1. The summed E-state index contributed by atoms with van der Waals surface area (Å²) >= 11 is 1.68. The van der Waals surface area contributed by atoms with E-state index in [0.717, 1.165) is 16.4 Å². The van der Waals surface area contributed by atoms with E-state index in [2.05, 4.69) is 44.3 Å². The Morgan fingerprint density at radius 3 is 2.33 bits per heavy atom. The number of carbonyl (C=O) groups excluding carboxylic acids is 1. The van der Waals surface area contributed by atoms with Gasteiger partial charge in [-0.05, 0) is 34.7 Å². The Bertz CT molecular complexity index is 964. The summed E-state index contributed by atoms with van der Waals surface area (Å²) in [5.74, 6) is 1.63. The van der Waals surface area contributed by atoms with E-state index in [1.54, 1.807) is 11.8 Å². The molecule has 0 spiro atoms. The summed E-state index contributed by atoms with van der Waals surface area (Å²) in [4.78, 5) is 13.7. The fourth-order valence-corrected chi connectivity index (χ4v) is 4.15. The summed E-state index contributed by atoms with van der Waals surface area (Å²) in [7, 11) is 0. The van der Waals surface area contributed by atoms with Gasteiger partial charge in [0.2, 0.25) is 0 Å². The van der Waals surface area contributed by atoms with Crippen molar-refractivity contribution in [3.8, 4) is 5.75 Å². The summed E-state index contributed by atoms with van der Waals surface area (Å²) in [6.07, 6.45) is 0. The lowest BCUT2D eigenvalue weighted by molar-refractivity contribution is 0.0944. The zero-order valence-corrected chi connectivity index (χ0v) is 18.7. The molecule has 0 aliphatic heterocycles. The highest BCUT2D eigenvalue weighted by molar-refractivity contribution is 7.98. The highest BCUT2D eigenvalue weighted by Crippen LogP contribution is 2.31. The lowest BCUT2D eigenvalue weighted by Crippen LogP contribution is -2.28. The van der Waals surface area contributed by atoms with Crippen LogP contribution in [0.1, 0.15) is 42.3 Å². The van der Waals surface area contributed by atoms with E-state index < -0.39 is 0 Å². The molecule has 3 aromatic carbocycles. The first-order valence-corrected chi connectivity index (χ1v) is 11.2. The summed E-state index contributed by atoms with van der Waals surface area (Å²) in [5.41, 5.74) is 3.12. The molecule has 0 radical (unpaired) electrons. The lowest BCUT2D eigenvalue weighted by Gasteiger charge is -2.22. The zero-order chi connectivity index (χ0) is 21.4. The second-order valence-corrected chi connectivity index (χ2v) is 9.14. The van der Waals surface area contributed by atoms with Crippen LogP contribution in [0.2, 0.25) is 0 Å². The number of para-hydroxylation sites is 1. The summed E-state index contributed by atoms with van der Waals surface area (Å²) in [6.45, 7) is 7.39. The summed E-state index contributed by atoms with van der Waals surface area (Å²) < 4.78 is 5.97. The molecule has 156 valence electrons. The molecule has 0 unspecified atom stereocenters. The molecule has 3 aromatic rings. The number of ether oxygens (including phenoxy) is 1. The van der Waals surface area contributed by atoms with Gasteiger partial charge >= 0.3 is 0 Å². The van der Waals surface area contributed by atoms with Crippen LogP contribution in [0.25, 0.3) is 0 Å². The Balaban J connectivity index is 1.55. The maximum absolute atomic E-state index is 12.7. The number of thioether (sulfide) groups is 1. The monoisotopic (exact) mass is 419 g/mol.